The first-order valence-electron chi connectivity index (χ1n) is 7.72. The maximum atomic E-state index is 12.0. The van der Waals surface area contributed by atoms with Gasteiger partial charge in [-0.1, -0.05) is 30.3 Å². The van der Waals surface area contributed by atoms with E-state index < -0.39 is 18.6 Å². The molecule has 0 spiro atoms. The number of benzene rings is 2. The van der Waals surface area contributed by atoms with Crippen molar-refractivity contribution in [1.82, 2.24) is 5.32 Å². The Morgan fingerprint density at radius 1 is 0.923 bits per heavy atom. The van der Waals surface area contributed by atoms with E-state index in [1.165, 1.54) is 0 Å². The Labute approximate surface area is 148 Å². The fraction of sp³-hybridized carbons (Fsp3) is 0.222. The molecule has 0 aromatic heterocycles. The Bertz CT molecular complexity index is 732. The van der Waals surface area contributed by atoms with Crippen LogP contribution in [0.2, 0.25) is 0 Å². The minimum absolute atomic E-state index is 0.161. The molecule has 26 heavy (non-hydrogen) atoms. The van der Waals surface area contributed by atoms with Crippen molar-refractivity contribution >= 4 is 17.5 Å². The van der Waals surface area contributed by atoms with Gasteiger partial charge in [0.15, 0.2) is 6.61 Å². The zero-order valence-electron chi connectivity index (χ0n) is 13.7. The van der Waals surface area contributed by atoms with E-state index in [4.69, 9.17) is 4.74 Å². The molecule has 2 amide bonds. The highest BCUT2D eigenvalue weighted by Crippen LogP contribution is 2.13. The number of carbonyl (C=O) groups excluding carboxylic acids is 2. The number of nitrogens with one attached hydrogen (secondary N) is 2. The number of ether oxygens (including phenoxy) is 1. The number of halogens is 3. The quantitative estimate of drug-likeness (QED) is 0.792. The first-order valence-corrected chi connectivity index (χ1v) is 7.72. The average molecular weight is 366 g/mol. The third-order valence-electron chi connectivity index (χ3n) is 3.20. The van der Waals surface area contributed by atoms with E-state index in [-0.39, 0.29) is 18.9 Å². The first-order chi connectivity index (χ1) is 12.3. The summed E-state index contributed by atoms with van der Waals surface area (Å²) < 4.78 is 41.4. The molecule has 0 bridgehead atoms. The topological polar surface area (TPSA) is 67.4 Å². The number of rotatable bonds is 7. The van der Waals surface area contributed by atoms with Crippen LogP contribution in [0.4, 0.5) is 18.9 Å². The summed E-state index contributed by atoms with van der Waals surface area (Å²) in [5.74, 6) is -0.511. The summed E-state index contributed by atoms with van der Waals surface area (Å²) in [6.07, 6.45) is -4.62. The molecular formula is C18H17F3N2O3. The minimum Gasteiger partial charge on any atom is -0.484 e. The lowest BCUT2D eigenvalue weighted by atomic mass is 10.1. The van der Waals surface area contributed by atoms with Gasteiger partial charge in [0.25, 0.3) is 5.91 Å². The molecule has 0 radical (unpaired) electrons. The van der Waals surface area contributed by atoms with Crippen LogP contribution in [0.5, 0.6) is 5.75 Å². The fourth-order valence-corrected chi connectivity index (χ4v) is 2.02. The largest absolute Gasteiger partial charge is 0.484 e. The zero-order chi connectivity index (χ0) is 19.0. The van der Waals surface area contributed by atoms with Crippen molar-refractivity contribution in [2.45, 2.75) is 12.6 Å². The van der Waals surface area contributed by atoms with Crippen molar-refractivity contribution in [1.29, 1.82) is 0 Å². The van der Waals surface area contributed by atoms with Crippen LogP contribution < -0.4 is 15.4 Å². The lowest BCUT2D eigenvalue weighted by Gasteiger charge is -2.09. The predicted molar refractivity (Wildman–Crippen MR) is 89.8 cm³/mol. The molecule has 2 aromatic rings. The van der Waals surface area contributed by atoms with E-state index in [1.54, 1.807) is 53.8 Å². The Hall–Kier alpha value is -3.03. The summed E-state index contributed by atoms with van der Waals surface area (Å²) in [4.78, 5) is 23.3. The van der Waals surface area contributed by atoms with Gasteiger partial charge in [-0.3, -0.25) is 9.59 Å². The van der Waals surface area contributed by atoms with Gasteiger partial charge in [0.05, 0.1) is 6.42 Å². The summed E-state index contributed by atoms with van der Waals surface area (Å²) in [5.41, 5.74) is 1.02. The van der Waals surface area contributed by atoms with Crippen molar-refractivity contribution in [3.63, 3.8) is 0 Å². The minimum atomic E-state index is -4.44. The molecule has 2 aromatic carbocycles. The molecule has 0 aliphatic heterocycles. The Kier molecular flexibility index (Phi) is 6.60. The molecule has 5 nitrogen and oxygen atoms in total. The smallest absolute Gasteiger partial charge is 0.405 e. The average Bonchev–Trinajstić information content (AvgIpc) is 2.60. The Morgan fingerprint density at radius 2 is 1.58 bits per heavy atom. The number of anilines is 1. The fourth-order valence-electron chi connectivity index (χ4n) is 2.02. The summed E-state index contributed by atoms with van der Waals surface area (Å²) in [6.45, 7) is -1.52. The van der Waals surface area contributed by atoms with E-state index in [0.29, 0.717) is 17.0 Å². The summed E-state index contributed by atoms with van der Waals surface area (Å²) >= 11 is 0. The molecule has 0 unspecified atom stereocenters. The van der Waals surface area contributed by atoms with E-state index >= 15 is 0 Å². The second kappa shape index (κ2) is 8.89. The lowest BCUT2D eigenvalue weighted by Crippen LogP contribution is -2.34. The van der Waals surface area contributed by atoms with Gasteiger partial charge in [0.2, 0.25) is 5.91 Å². The Morgan fingerprint density at radius 3 is 2.19 bits per heavy atom. The third kappa shape index (κ3) is 7.25. The van der Waals surface area contributed by atoms with Crippen LogP contribution in [0.25, 0.3) is 0 Å². The maximum absolute atomic E-state index is 12.0. The number of amides is 2. The van der Waals surface area contributed by atoms with Crippen LogP contribution in [0.1, 0.15) is 5.56 Å². The number of para-hydroxylation sites is 1. The van der Waals surface area contributed by atoms with Crippen molar-refractivity contribution in [3.05, 3.63) is 60.2 Å². The predicted octanol–water partition coefficient (Wildman–Crippen LogP) is 2.93. The van der Waals surface area contributed by atoms with Crippen LogP contribution in [-0.4, -0.2) is 31.1 Å². The molecule has 2 N–H and O–H groups in total. The molecule has 138 valence electrons. The molecule has 0 heterocycles. The van der Waals surface area contributed by atoms with Crippen LogP contribution in [0.15, 0.2) is 54.6 Å². The van der Waals surface area contributed by atoms with E-state index in [2.05, 4.69) is 5.32 Å². The molecule has 2 rings (SSSR count). The zero-order valence-corrected chi connectivity index (χ0v) is 13.7. The van der Waals surface area contributed by atoms with Gasteiger partial charge >= 0.3 is 6.18 Å². The highest BCUT2D eigenvalue weighted by Gasteiger charge is 2.27. The van der Waals surface area contributed by atoms with Gasteiger partial charge in [0, 0.05) is 5.69 Å². The van der Waals surface area contributed by atoms with Crippen LogP contribution in [0.3, 0.4) is 0 Å². The molecule has 0 atom stereocenters. The van der Waals surface area contributed by atoms with Crippen molar-refractivity contribution in [2.75, 3.05) is 18.5 Å². The van der Waals surface area contributed by atoms with Gasteiger partial charge < -0.3 is 15.4 Å². The van der Waals surface area contributed by atoms with Gasteiger partial charge in [-0.15, -0.1) is 0 Å². The van der Waals surface area contributed by atoms with Gasteiger partial charge in [-0.05, 0) is 29.8 Å². The maximum Gasteiger partial charge on any atom is 0.405 e. The molecule has 0 aliphatic rings. The van der Waals surface area contributed by atoms with Crippen molar-refractivity contribution in [3.8, 4) is 5.75 Å². The van der Waals surface area contributed by atoms with Crippen molar-refractivity contribution < 1.29 is 27.5 Å². The summed E-state index contributed by atoms with van der Waals surface area (Å²) in [7, 11) is 0. The second-order valence-electron chi connectivity index (χ2n) is 5.42. The summed E-state index contributed by atoms with van der Waals surface area (Å²) in [6, 6.07) is 15.1. The highest BCUT2D eigenvalue weighted by molar-refractivity contribution is 5.92. The molecule has 0 saturated heterocycles. The van der Waals surface area contributed by atoms with Gasteiger partial charge in [-0.2, -0.15) is 13.2 Å². The number of carbonyl (C=O) groups is 2. The van der Waals surface area contributed by atoms with Crippen LogP contribution >= 0.6 is 0 Å². The first kappa shape index (κ1) is 19.3. The normalized spacial score (nSPS) is 10.9. The van der Waals surface area contributed by atoms with E-state index in [1.807, 2.05) is 6.07 Å². The lowest BCUT2D eigenvalue weighted by molar-refractivity contribution is -0.138. The van der Waals surface area contributed by atoms with E-state index in [0.717, 1.165) is 0 Å². The monoisotopic (exact) mass is 366 g/mol. The number of alkyl halides is 3. The van der Waals surface area contributed by atoms with E-state index in [9.17, 15) is 22.8 Å². The second-order valence-corrected chi connectivity index (χ2v) is 5.42. The molecule has 0 fully saturated rings. The van der Waals surface area contributed by atoms with Crippen LogP contribution in [0, 0.1) is 0 Å². The van der Waals surface area contributed by atoms with Gasteiger partial charge in [0.1, 0.15) is 12.3 Å². The number of hydrogen-bond donors (Lipinski definition) is 2. The molecule has 0 aliphatic carbocycles. The molecule has 8 heteroatoms. The highest BCUT2D eigenvalue weighted by atomic mass is 19.4. The molecule has 0 saturated carbocycles. The van der Waals surface area contributed by atoms with Crippen molar-refractivity contribution in [2.24, 2.45) is 0 Å². The standard InChI is InChI=1S/C18H17F3N2O3/c19-18(20,21)12-22-16(24)10-13-6-8-14(9-7-13)23-17(25)11-26-15-4-2-1-3-5-15/h1-9H,10-12H2,(H,22,24)(H,23,25). The van der Waals surface area contributed by atoms with Crippen LogP contribution in [-0.2, 0) is 16.0 Å². The summed E-state index contributed by atoms with van der Waals surface area (Å²) in [5, 5.41) is 4.42. The number of hydrogen-bond acceptors (Lipinski definition) is 3. The SMILES string of the molecule is O=C(Cc1ccc(NC(=O)COc2ccccc2)cc1)NCC(F)(F)F. The Balaban J connectivity index is 1.77. The third-order valence-corrected chi connectivity index (χ3v) is 3.20. The molecular weight excluding hydrogens is 349 g/mol. The van der Waals surface area contributed by atoms with Gasteiger partial charge in [-0.25, -0.2) is 0 Å².